The number of piperazine rings is 1. The zero-order valence-corrected chi connectivity index (χ0v) is 19.5. The van der Waals surface area contributed by atoms with Gasteiger partial charge in [-0.2, -0.15) is 4.31 Å². The summed E-state index contributed by atoms with van der Waals surface area (Å²) in [5, 5.41) is 0. The van der Waals surface area contributed by atoms with Crippen LogP contribution in [-0.4, -0.2) is 73.6 Å². The molecule has 2 aromatic rings. The van der Waals surface area contributed by atoms with Crippen molar-refractivity contribution in [1.29, 1.82) is 0 Å². The number of hydrogen-bond donors (Lipinski definition) is 0. The fourth-order valence-corrected chi connectivity index (χ4v) is 6.08. The van der Waals surface area contributed by atoms with E-state index >= 15 is 0 Å². The van der Waals surface area contributed by atoms with Crippen LogP contribution >= 0.6 is 0 Å². The van der Waals surface area contributed by atoms with E-state index in [4.69, 9.17) is 0 Å². The molecule has 0 radical (unpaired) electrons. The summed E-state index contributed by atoms with van der Waals surface area (Å²) >= 11 is 0. The van der Waals surface area contributed by atoms with Gasteiger partial charge in [0.05, 0.1) is 12.3 Å². The molecule has 2 aliphatic rings. The van der Waals surface area contributed by atoms with E-state index in [0.29, 0.717) is 19.5 Å². The Kier molecular flexibility index (Phi) is 7.27. The van der Waals surface area contributed by atoms with E-state index in [1.54, 1.807) is 9.80 Å². The third kappa shape index (κ3) is 5.12. The first-order valence-electron chi connectivity index (χ1n) is 11.3. The van der Waals surface area contributed by atoms with Crippen LogP contribution in [0.2, 0.25) is 0 Å². The number of nitrogens with zero attached hydrogens (tertiary/aromatic N) is 3. The van der Waals surface area contributed by atoms with Crippen molar-refractivity contribution in [3.05, 3.63) is 65.7 Å². The largest absolute Gasteiger partial charge is 0.342 e. The van der Waals surface area contributed by atoms with Gasteiger partial charge in [0, 0.05) is 39.3 Å². The first-order valence-corrected chi connectivity index (χ1v) is 12.8. The fraction of sp³-hybridized carbons (Fsp3) is 0.417. The van der Waals surface area contributed by atoms with Crippen LogP contribution in [0, 0.1) is 17.6 Å². The third-order valence-electron chi connectivity index (χ3n) is 6.39. The molecule has 2 heterocycles. The Hall–Kier alpha value is -2.85. The van der Waals surface area contributed by atoms with Crippen molar-refractivity contribution in [2.24, 2.45) is 5.92 Å². The van der Waals surface area contributed by atoms with Crippen LogP contribution in [0.1, 0.15) is 18.4 Å². The molecule has 1 atom stereocenters. The summed E-state index contributed by atoms with van der Waals surface area (Å²) in [5.41, 5.74) is 0.921. The molecule has 2 saturated heterocycles. The van der Waals surface area contributed by atoms with Gasteiger partial charge >= 0.3 is 0 Å². The highest BCUT2D eigenvalue weighted by Crippen LogP contribution is 2.25. The van der Waals surface area contributed by atoms with Crippen LogP contribution < -0.4 is 0 Å². The van der Waals surface area contributed by atoms with Gasteiger partial charge in [0.15, 0.2) is 4.90 Å². The second-order valence-corrected chi connectivity index (χ2v) is 10.5. The smallest absolute Gasteiger partial charge is 0.249 e. The lowest BCUT2D eigenvalue weighted by Crippen LogP contribution is -2.54. The zero-order chi connectivity index (χ0) is 24.3. The van der Waals surface area contributed by atoms with Gasteiger partial charge in [-0.25, -0.2) is 17.2 Å². The fourth-order valence-electron chi connectivity index (χ4n) is 4.55. The van der Waals surface area contributed by atoms with E-state index in [1.165, 1.54) is 0 Å². The van der Waals surface area contributed by atoms with Crippen molar-refractivity contribution in [1.82, 2.24) is 14.1 Å². The third-order valence-corrected chi connectivity index (χ3v) is 8.34. The van der Waals surface area contributed by atoms with E-state index in [2.05, 4.69) is 0 Å². The van der Waals surface area contributed by atoms with E-state index < -0.39 is 26.6 Å². The van der Waals surface area contributed by atoms with Crippen molar-refractivity contribution in [2.75, 3.05) is 39.3 Å². The normalized spacial score (nSPS) is 19.8. The van der Waals surface area contributed by atoms with Gasteiger partial charge in [-0.1, -0.05) is 36.4 Å². The Morgan fingerprint density at radius 3 is 2.15 bits per heavy atom. The molecule has 2 aromatic carbocycles. The number of amides is 2. The quantitative estimate of drug-likeness (QED) is 0.643. The van der Waals surface area contributed by atoms with Crippen LogP contribution in [0.25, 0.3) is 0 Å². The second-order valence-electron chi connectivity index (χ2n) is 8.62. The molecule has 182 valence electrons. The summed E-state index contributed by atoms with van der Waals surface area (Å²) in [6.07, 6.45) is 1.66. The minimum atomic E-state index is -4.35. The number of piperidine rings is 1. The maximum Gasteiger partial charge on any atom is 0.249 e. The number of carbonyl (C=O) groups excluding carboxylic acids is 2. The summed E-state index contributed by atoms with van der Waals surface area (Å²) in [4.78, 5) is 28.2. The highest BCUT2D eigenvalue weighted by Gasteiger charge is 2.36. The van der Waals surface area contributed by atoms with Crippen LogP contribution in [0.15, 0.2) is 53.4 Å². The van der Waals surface area contributed by atoms with E-state index in [1.807, 2.05) is 30.3 Å². The number of rotatable bonds is 5. The number of halogens is 2. The van der Waals surface area contributed by atoms with Crippen molar-refractivity contribution in [3.63, 3.8) is 0 Å². The van der Waals surface area contributed by atoms with E-state index in [0.717, 1.165) is 34.5 Å². The number of sulfonamides is 1. The molecule has 2 aliphatic heterocycles. The molecule has 0 spiro atoms. The van der Waals surface area contributed by atoms with Gasteiger partial charge in [-0.3, -0.25) is 9.59 Å². The molecule has 0 aromatic heterocycles. The van der Waals surface area contributed by atoms with Gasteiger partial charge in [-0.15, -0.1) is 0 Å². The standard InChI is InChI=1S/C24H27F2N3O4S/c25-20-9-4-10-21(26)23(20)34(32,33)29-14-12-27(13-15-29)24(31)19-8-5-11-28(17-19)22(30)16-18-6-2-1-3-7-18/h1-4,6-7,9-10,19H,5,8,11-17H2. The van der Waals surface area contributed by atoms with E-state index in [9.17, 15) is 26.8 Å². The van der Waals surface area contributed by atoms with Crippen molar-refractivity contribution in [2.45, 2.75) is 24.2 Å². The Labute approximate surface area is 198 Å². The van der Waals surface area contributed by atoms with Gasteiger partial charge in [0.2, 0.25) is 21.8 Å². The summed E-state index contributed by atoms with van der Waals surface area (Å²) in [7, 11) is -4.35. The molecule has 0 bridgehead atoms. The highest BCUT2D eigenvalue weighted by atomic mass is 32.2. The number of hydrogen-bond acceptors (Lipinski definition) is 4. The van der Waals surface area contributed by atoms with Crippen LogP contribution in [0.5, 0.6) is 0 Å². The molecule has 7 nitrogen and oxygen atoms in total. The average Bonchev–Trinajstić information content (AvgIpc) is 2.84. The molecular weight excluding hydrogens is 464 g/mol. The summed E-state index contributed by atoms with van der Waals surface area (Å²) < 4.78 is 54.6. The first kappa shape index (κ1) is 24.3. The SMILES string of the molecule is O=C(Cc1ccccc1)N1CCCC(C(=O)N2CCN(S(=O)(=O)c3c(F)cccc3F)CC2)C1. The maximum atomic E-state index is 14.0. The minimum Gasteiger partial charge on any atom is -0.342 e. The first-order chi connectivity index (χ1) is 16.3. The van der Waals surface area contributed by atoms with Crippen LogP contribution in [0.4, 0.5) is 8.78 Å². The summed E-state index contributed by atoms with van der Waals surface area (Å²) in [6.45, 7) is 1.10. The Bertz CT molecular complexity index is 1130. The zero-order valence-electron chi connectivity index (χ0n) is 18.7. The van der Waals surface area contributed by atoms with Gasteiger partial charge < -0.3 is 9.80 Å². The lowest BCUT2D eigenvalue weighted by atomic mass is 9.95. The second kappa shape index (κ2) is 10.2. The molecule has 4 rings (SSSR count). The number of likely N-dealkylation sites (tertiary alicyclic amines) is 1. The number of carbonyl (C=O) groups is 2. The molecule has 10 heteroatoms. The van der Waals surface area contributed by atoms with Crippen molar-refractivity contribution < 1.29 is 26.8 Å². The molecular formula is C24H27F2N3O4S. The summed E-state index contributed by atoms with van der Waals surface area (Å²) in [5.74, 6) is -2.76. The molecule has 2 fully saturated rings. The molecule has 0 N–H and O–H groups in total. The van der Waals surface area contributed by atoms with Crippen molar-refractivity contribution >= 4 is 21.8 Å². The summed E-state index contributed by atoms with van der Waals surface area (Å²) in [6, 6.07) is 12.4. The van der Waals surface area contributed by atoms with Crippen LogP contribution in [0.3, 0.4) is 0 Å². The van der Waals surface area contributed by atoms with Gasteiger partial charge in [0.1, 0.15) is 11.6 Å². The number of benzene rings is 2. The average molecular weight is 492 g/mol. The van der Waals surface area contributed by atoms with Gasteiger partial charge in [-0.05, 0) is 30.5 Å². The van der Waals surface area contributed by atoms with Gasteiger partial charge in [0.25, 0.3) is 0 Å². The monoisotopic (exact) mass is 491 g/mol. The minimum absolute atomic E-state index is 0.0217. The molecule has 0 aliphatic carbocycles. The molecule has 34 heavy (non-hydrogen) atoms. The maximum absolute atomic E-state index is 14.0. The lowest BCUT2D eigenvalue weighted by Gasteiger charge is -2.38. The van der Waals surface area contributed by atoms with E-state index in [-0.39, 0.29) is 50.3 Å². The predicted octanol–water partition coefficient (Wildman–Crippen LogP) is 2.28. The molecule has 0 saturated carbocycles. The van der Waals surface area contributed by atoms with Crippen LogP contribution in [-0.2, 0) is 26.0 Å². The Morgan fingerprint density at radius 2 is 1.50 bits per heavy atom. The lowest BCUT2D eigenvalue weighted by molar-refractivity contribution is -0.141. The van der Waals surface area contributed by atoms with Crippen molar-refractivity contribution in [3.8, 4) is 0 Å². The molecule has 1 unspecified atom stereocenters. The Balaban J connectivity index is 1.35. The highest BCUT2D eigenvalue weighted by molar-refractivity contribution is 7.89. The topological polar surface area (TPSA) is 78.0 Å². The predicted molar refractivity (Wildman–Crippen MR) is 121 cm³/mol. The Morgan fingerprint density at radius 1 is 0.853 bits per heavy atom. The molecule has 2 amide bonds.